The van der Waals surface area contributed by atoms with Crippen LogP contribution in [0.3, 0.4) is 0 Å². The predicted octanol–water partition coefficient (Wildman–Crippen LogP) is 4.34. The highest BCUT2D eigenvalue weighted by Gasteiger charge is 2.39. The maximum absolute atomic E-state index is 12.2. The lowest BCUT2D eigenvalue weighted by atomic mass is 9.88. The van der Waals surface area contributed by atoms with Crippen molar-refractivity contribution in [1.29, 1.82) is 0 Å². The predicted molar refractivity (Wildman–Crippen MR) is 98.4 cm³/mol. The van der Waals surface area contributed by atoms with Crippen LogP contribution in [0.15, 0.2) is 30.3 Å². The zero-order chi connectivity index (χ0) is 18.2. The molecular weight excluding hydrogens is 340 g/mol. The summed E-state index contributed by atoms with van der Waals surface area (Å²) in [6.07, 6.45) is 7.77. The molecule has 5 heteroatoms. The smallest absolute Gasteiger partial charge is 0.303 e. The molecule has 0 saturated heterocycles. The van der Waals surface area contributed by atoms with E-state index in [0.29, 0.717) is 11.4 Å². The molecule has 0 aliphatic heterocycles. The van der Waals surface area contributed by atoms with Gasteiger partial charge in [0.2, 0.25) is 0 Å². The molecule has 3 atom stereocenters. The highest BCUT2D eigenvalue weighted by molar-refractivity contribution is 6.30. The molecule has 1 saturated carbocycles. The number of unbranched alkanes of at least 4 members (excludes halogenated alkanes) is 3. The SMILES string of the molecule is O=C(O)CCCCCCC1C(=O)CC(O)C1/C=C/c1ccc(Cl)cc1. The molecule has 0 bridgehead atoms. The standard InChI is InChI=1S/C20H25ClO4/c21-15-10-7-14(8-11-15)9-12-17-16(18(22)13-19(17)23)5-3-1-2-4-6-20(24)25/h7-12,16-17,19,23H,1-6,13H2,(H,24,25)/b12-9+. The summed E-state index contributed by atoms with van der Waals surface area (Å²) in [5, 5.41) is 19.5. The van der Waals surface area contributed by atoms with Gasteiger partial charge >= 0.3 is 5.97 Å². The summed E-state index contributed by atoms with van der Waals surface area (Å²) in [6.45, 7) is 0. The lowest BCUT2D eigenvalue weighted by molar-refractivity contribution is -0.137. The average molecular weight is 365 g/mol. The summed E-state index contributed by atoms with van der Waals surface area (Å²) in [5.41, 5.74) is 0.989. The average Bonchev–Trinajstić information content (AvgIpc) is 2.83. The van der Waals surface area contributed by atoms with Gasteiger partial charge in [-0.05, 0) is 30.5 Å². The highest BCUT2D eigenvalue weighted by atomic mass is 35.5. The molecule has 136 valence electrons. The maximum Gasteiger partial charge on any atom is 0.303 e. The number of benzene rings is 1. The summed E-state index contributed by atoms with van der Waals surface area (Å²) < 4.78 is 0. The number of ketones is 1. The highest BCUT2D eigenvalue weighted by Crippen LogP contribution is 2.34. The Bertz CT molecular complexity index is 609. The summed E-state index contributed by atoms with van der Waals surface area (Å²) in [7, 11) is 0. The number of Topliss-reactive ketones (excluding diaryl/α,β-unsaturated/α-hetero) is 1. The van der Waals surface area contributed by atoms with E-state index in [1.807, 2.05) is 36.4 Å². The topological polar surface area (TPSA) is 74.6 Å². The number of carboxylic acids is 1. The Morgan fingerprint density at radius 2 is 1.84 bits per heavy atom. The van der Waals surface area contributed by atoms with Crippen molar-refractivity contribution in [2.24, 2.45) is 11.8 Å². The van der Waals surface area contributed by atoms with Gasteiger partial charge in [0.25, 0.3) is 0 Å². The molecule has 25 heavy (non-hydrogen) atoms. The van der Waals surface area contributed by atoms with E-state index >= 15 is 0 Å². The second kappa shape index (κ2) is 9.73. The summed E-state index contributed by atoms with van der Waals surface area (Å²) >= 11 is 5.87. The van der Waals surface area contributed by atoms with Gasteiger partial charge in [-0.1, -0.05) is 55.1 Å². The van der Waals surface area contributed by atoms with E-state index in [2.05, 4.69) is 0 Å². The molecule has 4 nitrogen and oxygen atoms in total. The van der Waals surface area contributed by atoms with Crippen LogP contribution in [-0.4, -0.2) is 28.1 Å². The Morgan fingerprint density at radius 3 is 2.52 bits per heavy atom. The number of hydrogen-bond acceptors (Lipinski definition) is 3. The van der Waals surface area contributed by atoms with Gasteiger partial charge in [0.1, 0.15) is 5.78 Å². The number of aliphatic carboxylic acids is 1. The number of aliphatic hydroxyl groups is 1. The molecule has 1 aliphatic carbocycles. The van der Waals surface area contributed by atoms with Crippen molar-refractivity contribution < 1.29 is 19.8 Å². The van der Waals surface area contributed by atoms with Crippen molar-refractivity contribution in [3.05, 3.63) is 40.9 Å². The third-order valence-electron chi connectivity index (χ3n) is 4.77. The molecule has 0 spiro atoms. The minimum absolute atomic E-state index is 0.129. The van der Waals surface area contributed by atoms with Crippen molar-refractivity contribution in [2.45, 2.75) is 51.0 Å². The third-order valence-corrected chi connectivity index (χ3v) is 5.02. The lowest BCUT2D eigenvalue weighted by Crippen LogP contribution is -2.18. The molecule has 1 aliphatic rings. The molecule has 0 heterocycles. The van der Waals surface area contributed by atoms with Gasteiger partial charge < -0.3 is 10.2 Å². The van der Waals surface area contributed by atoms with Crippen LogP contribution in [0.1, 0.15) is 50.5 Å². The molecule has 2 rings (SSSR count). The molecule has 3 unspecified atom stereocenters. The maximum atomic E-state index is 12.2. The molecule has 1 aromatic rings. The number of carbonyl (C=O) groups is 2. The fourth-order valence-electron chi connectivity index (χ4n) is 3.38. The van der Waals surface area contributed by atoms with Crippen LogP contribution < -0.4 is 0 Å². The van der Waals surface area contributed by atoms with Gasteiger partial charge in [0.15, 0.2) is 0 Å². The van der Waals surface area contributed by atoms with Crippen LogP contribution in [-0.2, 0) is 9.59 Å². The number of rotatable bonds is 9. The molecule has 0 amide bonds. The van der Waals surface area contributed by atoms with E-state index < -0.39 is 12.1 Å². The van der Waals surface area contributed by atoms with Crippen LogP contribution in [0.2, 0.25) is 5.02 Å². The zero-order valence-corrected chi connectivity index (χ0v) is 15.0. The molecule has 1 fully saturated rings. The first-order valence-corrected chi connectivity index (χ1v) is 9.21. The quantitative estimate of drug-likeness (QED) is 0.639. The number of aliphatic hydroxyl groups excluding tert-OH is 1. The van der Waals surface area contributed by atoms with Crippen LogP contribution >= 0.6 is 11.6 Å². The molecule has 0 radical (unpaired) electrons. The van der Waals surface area contributed by atoms with Crippen LogP contribution in [0.25, 0.3) is 6.08 Å². The number of hydrogen-bond donors (Lipinski definition) is 2. The first kappa shape index (κ1) is 19.7. The Hall–Kier alpha value is -1.65. The van der Waals surface area contributed by atoms with E-state index in [9.17, 15) is 14.7 Å². The largest absolute Gasteiger partial charge is 0.481 e. The van der Waals surface area contributed by atoms with E-state index in [1.54, 1.807) is 0 Å². The van der Waals surface area contributed by atoms with Gasteiger partial charge in [-0.15, -0.1) is 0 Å². The van der Waals surface area contributed by atoms with Crippen molar-refractivity contribution in [1.82, 2.24) is 0 Å². The minimum atomic E-state index is -0.763. The van der Waals surface area contributed by atoms with Crippen molar-refractivity contribution >= 4 is 29.4 Å². The molecule has 2 N–H and O–H groups in total. The molecule has 0 aromatic heterocycles. The minimum Gasteiger partial charge on any atom is -0.481 e. The second-order valence-corrected chi connectivity index (χ2v) is 7.12. The third kappa shape index (κ3) is 6.29. The number of carbonyl (C=O) groups excluding carboxylic acids is 1. The van der Waals surface area contributed by atoms with Crippen LogP contribution in [0.4, 0.5) is 0 Å². The van der Waals surface area contributed by atoms with Crippen molar-refractivity contribution in [3.63, 3.8) is 0 Å². The van der Waals surface area contributed by atoms with E-state index in [4.69, 9.17) is 16.7 Å². The van der Waals surface area contributed by atoms with Gasteiger partial charge in [-0.3, -0.25) is 9.59 Å². The summed E-state index contributed by atoms with van der Waals surface area (Å²) in [5.74, 6) is -0.925. The summed E-state index contributed by atoms with van der Waals surface area (Å²) in [4.78, 5) is 22.7. The first-order valence-electron chi connectivity index (χ1n) is 8.83. The van der Waals surface area contributed by atoms with Gasteiger partial charge in [0, 0.05) is 29.7 Å². The monoisotopic (exact) mass is 364 g/mol. The Kier molecular flexibility index (Phi) is 7.66. The van der Waals surface area contributed by atoms with E-state index in [1.165, 1.54) is 0 Å². The number of halogens is 1. The Morgan fingerprint density at radius 1 is 1.16 bits per heavy atom. The van der Waals surface area contributed by atoms with Crippen molar-refractivity contribution in [3.8, 4) is 0 Å². The van der Waals surface area contributed by atoms with Gasteiger partial charge in [-0.25, -0.2) is 0 Å². The van der Waals surface area contributed by atoms with Gasteiger partial charge in [-0.2, -0.15) is 0 Å². The summed E-state index contributed by atoms with van der Waals surface area (Å²) in [6, 6.07) is 7.43. The van der Waals surface area contributed by atoms with E-state index in [-0.39, 0.29) is 30.5 Å². The van der Waals surface area contributed by atoms with E-state index in [0.717, 1.165) is 31.2 Å². The first-order chi connectivity index (χ1) is 12.0. The lowest BCUT2D eigenvalue weighted by Gasteiger charge is -2.17. The second-order valence-electron chi connectivity index (χ2n) is 6.68. The fraction of sp³-hybridized carbons (Fsp3) is 0.500. The zero-order valence-electron chi connectivity index (χ0n) is 14.2. The Balaban J connectivity index is 1.86. The molecular formula is C20H25ClO4. The van der Waals surface area contributed by atoms with Gasteiger partial charge in [0.05, 0.1) is 6.10 Å². The van der Waals surface area contributed by atoms with Crippen LogP contribution in [0, 0.1) is 11.8 Å². The number of carboxylic acid groups (broad SMARTS) is 1. The normalized spacial score (nSPS) is 23.4. The van der Waals surface area contributed by atoms with Crippen LogP contribution in [0.5, 0.6) is 0 Å². The Labute approximate surface area is 153 Å². The molecule has 1 aromatic carbocycles. The van der Waals surface area contributed by atoms with Crippen molar-refractivity contribution in [2.75, 3.05) is 0 Å². The fourth-order valence-corrected chi connectivity index (χ4v) is 3.51.